The number of nitrogens with zero attached hydrogens (tertiary/aromatic N) is 2. The highest BCUT2D eigenvalue weighted by Crippen LogP contribution is 2.33. The average Bonchev–Trinajstić information content (AvgIpc) is 2.95. The number of aromatic nitrogens is 4. The van der Waals surface area contributed by atoms with Crippen LogP contribution in [0.25, 0.3) is 22.2 Å². The molecule has 0 unspecified atom stereocenters. The molecule has 3 aromatic rings. The summed E-state index contributed by atoms with van der Waals surface area (Å²) in [4.78, 5) is 7.52. The van der Waals surface area contributed by atoms with E-state index in [1.54, 1.807) is 0 Å². The van der Waals surface area contributed by atoms with Crippen molar-refractivity contribution in [1.82, 2.24) is 20.2 Å². The normalized spacial score (nSPS) is 10.9. The van der Waals surface area contributed by atoms with Crippen molar-refractivity contribution in [3.63, 3.8) is 0 Å². The van der Waals surface area contributed by atoms with Gasteiger partial charge in [0.05, 0.1) is 11.9 Å². The van der Waals surface area contributed by atoms with E-state index in [-0.39, 0.29) is 0 Å². The zero-order valence-corrected chi connectivity index (χ0v) is 9.70. The van der Waals surface area contributed by atoms with E-state index >= 15 is 0 Å². The summed E-state index contributed by atoms with van der Waals surface area (Å²) in [5, 5.41) is 11.3. The Morgan fingerprint density at radius 1 is 1.24 bits per heavy atom. The summed E-state index contributed by atoms with van der Waals surface area (Å²) in [6.07, 6.45) is 5.58. The van der Waals surface area contributed by atoms with Gasteiger partial charge in [-0.15, -0.1) is 0 Å². The molecule has 0 radical (unpaired) electrons. The van der Waals surface area contributed by atoms with Crippen LogP contribution >= 0.6 is 0 Å². The molecule has 5 nitrogen and oxygen atoms in total. The molecule has 0 amide bonds. The minimum atomic E-state index is 0.888. The maximum absolute atomic E-state index is 4.41. The van der Waals surface area contributed by atoms with Crippen LogP contribution in [-0.4, -0.2) is 27.2 Å². The van der Waals surface area contributed by atoms with Gasteiger partial charge in [0.2, 0.25) is 0 Å². The van der Waals surface area contributed by atoms with Crippen molar-refractivity contribution in [2.75, 3.05) is 12.4 Å². The number of hydrogen-bond donors (Lipinski definition) is 3. The van der Waals surface area contributed by atoms with Crippen LogP contribution in [0.2, 0.25) is 0 Å². The van der Waals surface area contributed by atoms with Crippen molar-refractivity contribution >= 4 is 16.7 Å². The van der Waals surface area contributed by atoms with Crippen LogP contribution < -0.4 is 5.32 Å². The van der Waals surface area contributed by atoms with Crippen molar-refractivity contribution in [3.8, 4) is 11.1 Å². The Labute approximate surface area is 98.3 Å². The standard InChI is InChI=1S/C12H13N5/c1-7-9(6-16-17-7)10-5-15-12-8(3-4-14-12)11(10)13-2/h3-6H,1-2H3,(H,16,17)(H2,13,14,15). The van der Waals surface area contributed by atoms with Crippen LogP contribution in [0.3, 0.4) is 0 Å². The Morgan fingerprint density at radius 2 is 2.12 bits per heavy atom. The predicted octanol–water partition coefficient (Wildman–Crippen LogP) is 2.30. The molecule has 0 fully saturated rings. The first-order valence-corrected chi connectivity index (χ1v) is 5.45. The van der Waals surface area contributed by atoms with Gasteiger partial charge in [0.25, 0.3) is 0 Å². The number of aryl methyl sites for hydroxylation is 1. The fourth-order valence-electron chi connectivity index (χ4n) is 2.10. The molecule has 0 spiro atoms. The predicted molar refractivity (Wildman–Crippen MR) is 68.0 cm³/mol. The minimum absolute atomic E-state index is 0.888. The average molecular weight is 227 g/mol. The van der Waals surface area contributed by atoms with Gasteiger partial charge in [-0.2, -0.15) is 5.10 Å². The Kier molecular flexibility index (Phi) is 2.11. The molecule has 5 heteroatoms. The summed E-state index contributed by atoms with van der Waals surface area (Å²) in [5.41, 5.74) is 5.13. The van der Waals surface area contributed by atoms with Crippen LogP contribution in [0, 0.1) is 6.92 Å². The SMILES string of the molecule is CNc1c(-c2cn[nH]c2C)cnc2[nH]ccc12. The maximum atomic E-state index is 4.41. The molecule has 86 valence electrons. The van der Waals surface area contributed by atoms with Gasteiger partial charge in [0, 0.05) is 41.6 Å². The highest BCUT2D eigenvalue weighted by atomic mass is 15.1. The van der Waals surface area contributed by atoms with E-state index < -0.39 is 0 Å². The highest BCUT2D eigenvalue weighted by Gasteiger charge is 2.12. The third-order valence-corrected chi connectivity index (χ3v) is 2.96. The molecular formula is C12H13N5. The minimum Gasteiger partial charge on any atom is -0.387 e. The number of aromatic amines is 2. The van der Waals surface area contributed by atoms with Crippen LogP contribution in [0.4, 0.5) is 5.69 Å². The lowest BCUT2D eigenvalue weighted by Gasteiger charge is -2.09. The molecule has 3 heterocycles. The quantitative estimate of drug-likeness (QED) is 0.629. The van der Waals surface area contributed by atoms with Gasteiger partial charge in [0.1, 0.15) is 5.65 Å². The third kappa shape index (κ3) is 1.39. The molecule has 0 atom stereocenters. The van der Waals surface area contributed by atoms with Crippen LogP contribution in [0.5, 0.6) is 0 Å². The molecule has 3 aromatic heterocycles. The van der Waals surface area contributed by atoms with Gasteiger partial charge < -0.3 is 10.3 Å². The second-order valence-corrected chi connectivity index (χ2v) is 3.95. The molecule has 3 rings (SSSR count). The number of fused-ring (bicyclic) bond motifs is 1. The molecular weight excluding hydrogens is 214 g/mol. The first-order chi connectivity index (χ1) is 8.31. The van der Waals surface area contributed by atoms with Crippen molar-refractivity contribution < 1.29 is 0 Å². The first-order valence-electron chi connectivity index (χ1n) is 5.45. The van der Waals surface area contributed by atoms with E-state index in [0.29, 0.717) is 0 Å². The monoisotopic (exact) mass is 227 g/mol. The Morgan fingerprint density at radius 3 is 2.82 bits per heavy atom. The zero-order valence-electron chi connectivity index (χ0n) is 9.70. The van der Waals surface area contributed by atoms with Crippen molar-refractivity contribution in [1.29, 1.82) is 0 Å². The molecule has 17 heavy (non-hydrogen) atoms. The van der Waals surface area contributed by atoms with E-state index in [4.69, 9.17) is 0 Å². The van der Waals surface area contributed by atoms with Crippen molar-refractivity contribution in [2.24, 2.45) is 0 Å². The molecule has 0 saturated heterocycles. The van der Waals surface area contributed by atoms with Gasteiger partial charge in [0.15, 0.2) is 0 Å². The third-order valence-electron chi connectivity index (χ3n) is 2.96. The molecule has 0 aliphatic heterocycles. The smallest absolute Gasteiger partial charge is 0.139 e. The first kappa shape index (κ1) is 9.89. The molecule has 0 bridgehead atoms. The van der Waals surface area contributed by atoms with Crippen LogP contribution in [0.1, 0.15) is 5.69 Å². The van der Waals surface area contributed by atoms with Gasteiger partial charge in [-0.25, -0.2) is 4.98 Å². The topological polar surface area (TPSA) is 69.4 Å². The molecule has 0 saturated carbocycles. The molecule has 3 N–H and O–H groups in total. The fourth-order valence-corrected chi connectivity index (χ4v) is 2.10. The van der Waals surface area contributed by atoms with E-state index in [1.165, 1.54) is 0 Å². The summed E-state index contributed by atoms with van der Waals surface area (Å²) in [6, 6.07) is 2.02. The van der Waals surface area contributed by atoms with Crippen LogP contribution in [-0.2, 0) is 0 Å². The van der Waals surface area contributed by atoms with E-state index in [9.17, 15) is 0 Å². The summed E-state index contributed by atoms with van der Waals surface area (Å²) < 4.78 is 0. The lowest BCUT2D eigenvalue weighted by molar-refractivity contribution is 1.05. The van der Waals surface area contributed by atoms with Crippen molar-refractivity contribution in [3.05, 3.63) is 30.4 Å². The Balaban J connectivity index is 2.33. The largest absolute Gasteiger partial charge is 0.387 e. The lowest BCUT2D eigenvalue weighted by atomic mass is 10.1. The van der Waals surface area contributed by atoms with E-state index in [0.717, 1.165) is 33.5 Å². The summed E-state index contributed by atoms with van der Waals surface area (Å²) in [7, 11) is 1.92. The summed E-state index contributed by atoms with van der Waals surface area (Å²) in [5.74, 6) is 0. The zero-order chi connectivity index (χ0) is 11.8. The summed E-state index contributed by atoms with van der Waals surface area (Å²) in [6.45, 7) is 2.00. The van der Waals surface area contributed by atoms with Gasteiger partial charge in [-0.05, 0) is 13.0 Å². The molecule has 0 aliphatic carbocycles. The van der Waals surface area contributed by atoms with Gasteiger partial charge >= 0.3 is 0 Å². The van der Waals surface area contributed by atoms with Gasteiger partial charge in [-0.3, -0.25) is 5.10 Å². The second kappa shape index (κ2) is 3.62. The number of anilines is 1. The number of H-pyrrole nitrogens is 2. The van der Waals surface area contributed by atoms with E-state index in [2.05, 4.69) is 25.5 Å². The second-order valence-electron chi connectivity index (χ2n) is 3.95. The van der Waals surface area contributed by atoms with Gasteiger partial charge in [-0.1, -0.05) is 0 Å². The molecule has 0 aromatic carbocycles. The maximum Gasteiger partial charge on any atom is 0.139 e. The Bertz CT molecular complexity index is 664. The lowest BCUT2D eigenvalue weighted by Crippen LogP contribution is -1.94. The number of hydrogen-bond acceptors (Lipinski definition) is 3. The summed E-state index contributed by atoms with van der Waals surface area (Å²) >= 11 is 0. The highest BCUT2D eigenvalue weighted by molar-refractivity contribution is 5.98. The van der Waals surface area contributed by atoms with E-state index in [1.807, 2.05) is 38.6 Å². The fraction of sp³-hybridized carbons (Fsp3) is 0.167. The number of nitrogens with one attached hydrogen (secondary N) is 3. The number of pyridine rings is 1. The van der Waals surface area contributed by atoms with Crippen molar-refractivity contribution in [2.45, 2.75) is 6.92 Å². The van der Waals surface area contributed by atoms with Crippen LogP contribution in [0.15, 0.2) is 24.7 Å². The number of rotatable bonds is 2. The Hall–Kier alpha value is -2.30. The molecule has 0 aliphatic rings.